The minimum absolute atomic E-state index is 0.406. The minimum Gasteiger partial charge on any atom is -0.383 e. The molecule has 0 atom stereocenters. The average molecular weight is 281 g/mol. The molecule has 1 rings (SSSR count). The lowest BCUT2D eigenvalue weighted by atomic mass is 10.1. The molecule has 0 aliphatic carbocycles. The standard InChI is InChI=1S/C15H21ClN2O/c1-4-14(5-2)18(8-9-19-3)15-7-6-13(16)10-12(15)11-17/h6-7,10,14H,4-5,8-9H2,1-3H3. The highest BCUT2D eigenvalue weighted by atomic mass is 35.5. The monoisotopic (exact) mass is 280 g/mol. The predicted molar refractivity (Wildman–Crippen MR) is 79.8 cm³/mol. The molecule has 4 heteroatoms. The SMILES string of the molecule is CCC(CC)N(CCOC)c1ccc(Cl)cc1C#N. The van der Waals surface area contributed by atoms with Crippen molar-refractivity contribution in [2.24, 2.45) is 0 Å². The molecule has 0 unspecified atom stereocenters. The number of anilines is 1. The van der Waals surface area contributed by atoms with Crippen LogP contribution in [0.1, 0.15) is 32.3 Å². The summed E-state index contributed by atoms with van der Waals surface area (Å²) in [7, 11) is 1.69. The maximum atomic E-state index is 9.28. The molecule has 0 saturated heterocycles. The third kappa shape index (κ3) is 4.12. The second-order valence-corrected chi connectivity index (χ2v) is 4.87. The van der Waals surface area contributed by atoms with E-state index in [-0.39, 0.29) is 0 Å². The molecule has 104 valence electrons. The Hall–Kier alpha value is -1.24. The molecule has 0 amide bonds. The Kier molecular flexibility index (Phi) is 6.69. The van der Waals surface area contributed by atoms with Crippen LogP contribution in [0, 0.1) is 11.3 Å². The van der Waals surface area contributed by atoms with Gasteiger partial charge in [0.25, 0.3) is 0 Å². The zero-order valence-corrected chi connectivity index (χ0v) is 12.6. The Labute approximate surface area is 120 Å². The van der Waals surface area contributed by atoms with Crippen LogP contribution >= 0.6 is 11.6 Å². The van der Waals surface area contributed by atoms with Crippen LogP contribution in [-0.4, -0.2) is 26.3 Å². The number of hydrogen-bond acceptors (Lipinski definition) is 3. The lowest BCUT2D eigenvalue weighted by Crippen LogP contribution is -2.37. The zero-order chi connectivity index (χ0) is 14.3. The third-order valence-electron chi connectivity index (χ3n) is 3.31. The van der Waals surface area contributed by atoms with Gasteiger partial charge in [0.05, 0.1) is 17.9 Å². The number of hydrogen-bond donors (Lipinski definition) is 0. The van der Waals surface area contributed by atoms with Gasteiger partial charge in [0, 0.05) is 24.7 Å². The highest BCUT2D eigenvalue weighted by Crippen LogP contribution is 2.27. The van der Waals surface area contributed by atoms with E-state index in [1.807, 2.05) is 12.1 Å². The number of nitrogens with zero attached hydrogens (tertiary/aromatic N) is 2. The molecule has 19 heavy (non-hydrogen) atoms. The van der Waals surface area contributed by atoms with E-state index in [9.17, 15) is 5.26 Å². The van der Waals surface area contributed by atoms with Gasteiger partial charge >= 0.3 is 0 Å². The summed E-state index contributed by atoms with van der Waals surface area (Å²) in [6.07, 6.45) is 2.07. The second-order valence-electron chi connectivity index (χ2n) is 4.43. The van der Waals surface area contributed by atoms with Gasteiger partial charge in [0.2, 0.25) is 0 Å². The van der Waals surface area contributed by atoms with Crippen LogP contribution in [0.25, 0.3) is 0 Å². The molecule has 0 radical (unpaired) electrons. The molecule has 0 aliphatic heterocycles. The first-order valence-corrected chi connectivity index (χ1v) is 7.00. The van der Waals surface area contributed by atoms with Gasteiger partial charge in [0.15, 0.2) is 0 Å². The summed E-state index contributed by atoms with van der Waals surface area (Å²) in [6.45, 7) is 5.75. The Morgan fingerprint density at radius 3 is 2.58 bits per heavy atom. The predicted octanol–water partition coefficient (Wildman–Crippen LogP) is 3.85. The topological polar surface area (TPSA) is 36.3 Å². The van der Waals surface area contributed by atoms with Crippen LogP contribution in [-0.2, 0) is 4.74 Å². The highest BCUT2D eigenvalue weighted by molar-refractivity contribution is 6.30. The molecule has 0 N–H and O–H groups in total. The third-order valence-corrected chi connectivity index (χ3v) is 3.54. The Bertz CT molecular complexity index is 438. The number of halogens is 1. The fraction of sp³-hybridized carbons (Fsp3) is 0.533. The first-order valence-electron chi connectivity index (χ1n) is 6.63. The van der Waals surface area contributed by atoms with E-state index in [1.165, 1.54) is 0 Å². The summed E-state index contributed by atoms with van der Waals surface area (Å²) in [5.74, 6) is 0. The van der Waals surface area contributed by atoms with Crippen molar-refractivity contribution in [2.75, 3.05) is 25.2 Å². The summed E-state index contributed by atoms with van der Waals surface area (Å²) >= 11 is 5.96. The highest BCUT2D eigenvalue weighted by Gasteiger charge is 2.18. The molecule has 0 heterocycles. The van der Waals surface area contributed by atoms with Crippen LogP contribution < -0.4 is 4.90 Å². The lowest BCUT2D eigenvalue weighted by molar-refractivity contribution is 0.202. The van der Waals surface area contributed by atoms with Gasteiger partial charge in [-0.15, -0.1) is 0 Å². The summed E-state index contributed by atoms with van der Waals surface area (Å²) in [6, 6.07) is 8.12. The summed E-state index contributed by atoms with van der Waals surface area (Å²) in [5, 5.41) is 9.87. The normalized spacial score (nSPS) is 10.5. The van der Waals surface area contributed by atoms with E-state index in [0.717, 1.165) is 25.1 Å². The fourth-order valence-electron chi connectivity index (χ4n) is 2.27. The smallest absolute Gasteiger partial charge is 0.101 e. The van der Waals surface area contributed by atoms with E-state index >= 15 is 0 Å². The van der Waals surface area contributed by atoms with Crippen LogP contribution in [0.3, 0.4) is 0 Å². The first kappa shape index (κ1) is 15.8. The molecule has 0 saturated carbocycles. The quantitative estimate of drug-likeness (QED) is 0.761. The molecule has 0 aliphatic rings. The maximum absolute atomic E-state index is 9.28. The van der Waals surface area contributed by atoms with Crippen molar-refractivity contribution in [3.63, 3.8) is 0 Å². The van der Waals surface area contributed by atoms with Crippen molar-refractivity contribution < 1.29 is 4.74 Å². The van der Waals surface area contributed by atoms with Gasteiger partial charge in [0.1, 0.15) is 6.07 Å². The zero-order valence-electron chi connectivity index (χ0n) is 11.8. The van der Waals surface area contributed by atoms with E-state index in [0.29, 0.717) is 23.2 Å². The number of nitriles is 1. The molecule has 1 aromatic carbocycles. The largest absolute Gasteiger partial charge is 0.383 e. The maximum Gasteiger partial charge on any atom is 0.101 e. The first-order chi connectivity index (χ1) is 9.17. The van der Waals surface area contributed by atoms with Gasteiger partial charge in [-0.25, -0.2) is 0 Å². The molecule has 0 fully saturated rings. The van der Waals surface area contributed by atoms with Gasteiger partial charge in [-0.1, -0.05) is 25.4 Å². The van der Waals surface area contributed by atoms with Gasteiger partial charge < -0.3 is 9.64 Å². The van der Waals surface area contributed by atoms with Gasteiger partial charge in [-0.05, 0) is 31.0 Å². The Balaban J connectivity index is 3.12. The van der Waals surface area contributed by atoms with E-state index in [2.05, 4.69) is 24.8 Å². The van der Waals surface area contributed by atoms with Crippen molar-refractivity contribution in [2.45, 2.75) is 32.7 Å². The van der Waals surface area contributed by atoms with E-state index in [1.54, 1.807) is 13.2 Å². The Morgan fingerprint density at radius 2 is 2.05 bits per heavy atom. The molecule has 1 aromatic rings. The van der Waals surface area contributed by atoms with Crippen LogP contribution in [0.2, 0.25) is 5.02 Å². The van der Waals surface area contributed by atoms with E-state index in [4.69, 9.17) is 16.3 Å². The van der Waals surface area contributed by atoms with Crippen molar-refractivity contribution in [3.05, 3.63) is 28.8 Å². The molecular weight excluding hydrogens is 260 g/mol. The summed E-state index contributed by atoms with van der Waals surface area (Å²) in [4.78, 5) is 2.25. The molecule has 0 bridgehead atoms. The summed E-state index contributed by atoms with van der Waals surface area (Å²) in [5.41, 5.74) is 1.56. The molecule has 0 spiro atoms. The number of rotatable bonds is 7. The molecular formula is C15H21ClN2O. The molecule has 0 aromatic heterocycles. The number of methoxy groups -OCH3 is 1. The van der Waals surface area contributed by atoms with Crippen LogP contribution in [0.15, 0.2) is 18.2 Å². The minimum atomic E-state index is 0.406. The van der Waals surface area contributed by atoms with Crippen molar-refractivity contribution in [1.82, 2.24) is 0 Å². The second kappa shape index (κ2) is 8.04. The Morgan fingerprint density at radius 1 is 1.37 bits per heavy atom. The molecule has 3 nitrogen and oxygen atoms in total. The number of ether oxygens (including phenoxy) is 1. The number of benzene rings is 1. The van der Waals surface area contributed by atoms with Crippen molar-refractivity contribution in [3.8, 4) is 6.07 Å². The summed E-state index contributed by atoms with van der Waals surface area (Å²) < 4.78 is 5.18. The van der Waals surface area contributed by atoms with E-state index < -0.39 is 0 Å². The van der Waals surface area contributed by atoms with Gasteiger partial charge in [-0.3, -0.25) is 0 Å². The average Bonchev–Trinajstić information content (AvgIpc) is 2.43. The fourth-order valence-corrected chi connectivity index (χ4v) is 2.44. The van der Waals surface area contributed by atoms with Crippen LogP contribution in [0.4, 0.5) is 5.69 Å². The van der Waals surface area contributed by atoms with Crippen molar-refractivity contribution in [1.29, 1.82) is 5.26 Å². The van der Waals surface area contributed by atoms with Crippen molar-refractivity contribution >= 4 is 17.3 Å². The van der Waals surface area contributed by atoms with Gasteiger partial charge in [-0.2, -0.15) is 5.26 Å². The lowest BCUT2D eigenvalue weighted by Gasteiger charge is -2.33. The van der Waals surface area contributed by atoms with Crippen LogP contribution in [0.5, 0.6) is 0 Å².